The van der Waals surface area contributed by atoms with Crippen LogP contribution in [0.2, 0.25) is 0 Å². The van der Waals surface area contributed by atoms with Crippen LogP contribution < -0.4 is 4.74 Å². The van der Waals surface area contributed by atoms with Gasteiger partial charge in [-0.1, -0.05) is 6.07 Å². The van der Waals surface area contributed by atoms with Crippen LogP contribution in [0, 0.1) is 0 Å². The van der Waals surface area contributed by atoms with E-state index in [4.69, 9.17) is 9.47 Å². The van der Waals surface area contributed by atoms with Crippen molar-refractivity contribution in [2.24, 2.45) is 0 Å². The van der Waals surface area contributed by atoms with Crippen LogP contribution in [0.5, 0.6) is 11.5 Å². The van der Waals surface area contributed by atoms with E-state index in [2.05, 4.69) is 25.7 Å². The first-order valence-corrected chi connectivity index (χ1v) is 6.77. The molecule has 0 amide bonds. The summed E-state index contributed by atoms with van der Waals surface area (Å²) < 4.78 is 10.8. The maximum atomic E-state index is 10.1. The van der Waals surface area contributed by atoms with Gasteiger partial charge in [0.15, 0.2) is 0 Å². The molecule has 3 unspecified atom stereocenters. The monoisotopic (exact) mass is 265 g/mol. The molecular formula is C15H23NO3. The van der Waals surface area contributed by atoms with E-state index in [1.54, 1.807) is 13.2 Å². The van der Waals surface area contributed by atoms with Crippen LogP contribution in [0.4, 0.5) is 0 Å². The molecule has 4 nitrogen and oxygen atoms in total. The molecule has 1 aromatic rings. The molecule has 1 aliphatic heterocycles. The zero-order chi connectivity index (χ0) is 14.0. The minimum atomic E-state index is 0.159. The molecule has 0 aromatic heterocycles. The van der Waals surface area contributed by atoms with Gasteiger partial charge in [0, 0.05) is 30.3 Å². The molecule has 3 atom stereocenters. The van der Waals surface area contributed by atoms with Crippen molar-refractivity contribution in [1.29, 1.82) is 0 Å². The van der Waals surface area contributed by atoms with Gasteiger partial charge in [0.1, 0.15) is 11.5 Å². The Morgan fingerprint density at radius 1 is 1.42 bits per heavy atom. The zero-order valence-electron chi connectivity index (χ0n) is 12.1. The summed E-state index contributed by atoms with van der Waals surface area (Å²) in [5.74, 6) is 0.968. The molecule has 19 heavy (non-hydrogen) atoms. The topological polar surface area (TPSA) is 41.9 Å². The van der Waals surface area contributed by atoms with Gasteiger partial charge in [-0.3, -0.25) is 4.90 Å². The molecule has 1 heterocycles. The molecule has 0 aliphatic carbocycles. The van der Waals surface area contributed by atoms with Crippen molar-refractivity contribution >= 4 is 0 Å². The molecule has 1 aliphatic rings. The Bertz CT molecular complexity index is 435. The van der Waals surface area contributed by atoms with E-state index in [1.165, 1.54) is 0 Å². The third-order valence-electron chi connectivity index (χ3n) is 3.84. The molecule has 1 aromatic carbocycles. The number of phenolic OH excluding ortho intramolecular Hbond substituents is 1. The molecule has 1 saturated heterocycles. The third-order valence-corrected chi connectivity index (χ3v) is 3.84. The lowest BCUT2D eigenvalue weighted by Crippen LogP contribution is -2.48. The fraction of sp³-hybridized carbons (Fsp3) is 0.600. The second kappa shape index (κ2) is 5.80. The lowest BCUT2D eigenvalue weighted by molar-refractivity contribution is -0.0642. The molecule has 0 bridgehead atoms. The maximum Gasteiger partial charge on any atom is 0.124 e. The van der Waals surface area contributed by atoms with Crippen LogP contribution in [0.1, 0.15) is 32.4 Å². The van der Waals surface area contributed by atoms with Gasteiger partial charge in [0.05, 0.1) is 19.8 Å². The summed E-state index contributed by atoms with van der Waals surface area (Å²) in [5.41, 5.74) is 0.932. The Balaban J connectivity index is 2.20. The molecule has 4 heteroatoms. The second-order valence-electron chi connectivity index (χ2n) is 5.29. The second-order valence-corrected chi connectivity index (χ2v) is 5.29. The molecule has 1 N–H and O–H groups in total. The summed E-state index contributed by atoms with van der Waals surface area (Å²) in [6, 6.07) is 6.01. The van der Waals surface area contributed by atoms with Crippen LogP contribution >= 0.6 is 0 Å². The summed E-state index contributed by atoms with van der Waals surface area (Å²) in [5, 5.41) is 10.1. The number of phenols is 1. The maximum absolute atomic E-state index is 10.1. The number of hydrogen-bond donors (Lipinski definition) is 1. The highest BCUT2D eigenvalue weighted by atomic mass is 16.5. The fourth-order valence-corrected chi connectivity index (χ4v) is 2.65. The predicted octanol–water partition coefficient (Wildman–Crippen LogP) is 2.57. The van der Waals surface area contributed by atoms with Crippen molar-refractivity contribution < 1.29 is 14.6 Å². The normalized spacial score (nSPS) is 26.1. The highest BCUT2D eigenvalue weighted by Gasteiger charge is 2.29. The fourth-order valence-electron chi connectivity index (χ4n) is 2.65. The summed E-state index contributed by atoms with van der Waals surface area (Å²) in [4.78, 5) is 2.37. The third kappa shape index (κ3) is 3.01. The lowest BCUT2D eigenvalue weighted by Gasteiger charge is -2.41. The number of rotatable bonds is 3. The van der Waals surface area contributed by atoms with Crippen molar-refractivity contribution in [1.82, 2.24) is 4.90 Å². The van der Waals surface area contributed by atoms with Crippen molar-refractivity contribution in [3.8, 4) is 11.5 Å². The van der Waals surface area contributed by atoms with E-state index in [0.717, 1.165) is 18.7 Å². The van der Waals surface area contributed by atoms with Gasteiger partial charge in [-0.2, -0.15) is 0 Å². The molecule has 106 valence electrons. The van der Waals surface area contributed by atoms with Crippen LogP contribution in [0.3, 0.4) is 0 Å². The van der Waals surface area contributed by atoms with E-state index in [0.29, 0.717) is 11.8 Å². The molecule has 0 saturated carbocycles. The predicted molar refractivity (Wildman–Crippen MR) is 74.7 cm³/mol. The highest BCUT2D eigenvalue weighted by molar-refractivity contribution is 5.41. The van der Waals surface area contributed by atoms with Crippen molar-refractivity contribution in [2.45, 2.75) is 39.0 Å². The van der Waals surface area contributed by atoms with E-state index in [1.807, 2.05) is 12.1 Å². The van der Waals surface area contributed by atoms with Gasteiger partial charge in [-0.25, -0.2) is 0 Å². The number of hydrogen-bond acceptors (Lipinski definition) is 4. The first kappa shape index (κ1) is 14.2. The van der Waals surface area contributed by atoms with Crippen LogP contribution in [-0.4, -0.2) is 42.4 Å². The smallest absolute Gasteiger partial charge is 0.124 e. The SMILES string of the molecule is COc1ccc(C(C)N2CC(C)OCC2C)c(O)c1. The Kier molecular flexibility index (Phi) is 4.32. The summed E-state index contributed by atoms with van der Waals surface area (Å²) in [6.45, 7) is 7.98. The van der Waals surface area contributed by atoms with E-state index in [-0.39, 0.29) is 17.9 Å². The van der Waals surface area contributed by atoms with Crippen molar-refractivity contribution in [2.75, 3.05) is 20.3 Å². The number of benzene rings is 1. The average Bonchev–Trinajstić information content (AvgIpc) is 2.40. The molecular weight excluding hydrogens is 242 g/mol. The number of aromatic hydroxyl groups is 1. The highest BCUT2D eigenvalue weighted by Crippen LogP contribution is 2.33. The average molecular weight is 265 g/mol. The van der Waals surface area contributed by atoms with E-state index < -0.39 is 0 Å². The van der Waals surface area contributed by atoms with Gasteiger partial charge in [0.2, 0.25) is 0 Å². The van der Waals surface area contributed by atoms with Crippen LogP contribution in [-0.2, 0) is 4.74 Å². The van der Waals surface area contributed by atoms with E-state index >= 15 is 0 Å². The van der Waals surface area contributed by atoms with E-state index in [9.17, 15) is 5.11 Å². The number of nitrogens with zero attached hydrogens (tertiary/aromatic N) is 1. The number of morpholine rings is 1. The quantitative estimate of drug-likeness (QED) is 0.912. The van der Waals surface area contributed by atoms with Gasteiger partial charge in [-0.05, 0) is 26.8 Å². The number of ether oxygens (including phenoxy) is 2. The Morgan fingerprint density at radius 2 is 2.16 bits per heavy atom. The molecule has 0 spiro atoms. The van der Waals surface area contributed by atoms with Gasteiger partial charge in [-0.15, -0.1) is 0 Å². The summed E-state index contributed by atoms with van der Waals surface area (Å²) >= 11 is 0. The number of methoxy groups -OCH3 is 1. The van der Waals surface area contributed by atoms with Crippen LogP contribution in [0.15, 0.2) is 18.2 Å². The molecule has 0 radical (unpaired) electrons. The molecule has 1 fully saturated rings. The van der Waals surface area contributed by atoms with Crippen LogP contribution in [0.25, 0.3) is 0 Å². The van der Waals surface area contributed by atoms with Crippen molar-refractivity contribution in [3.63, 3.8) is 0 Å². The van der Waals surface area contributed by atoms with Gasteiger partial charge < -0.3 is 14.6 Å². The Labute approximate surface area is 114 Å². The Hall–Kier alpha value is -1.26. The Morgan fingerprint density at radius 3 is 2.79 bits per heavy atom. The van der Waals surface area contributed by atoms with Gasteiger partial charge in [0.25, 0.3) is 0 Å². The largest absolute Gasteiger partial charge is 0.507 e. The van der Waals surface area contributed by atoms with Crippen molar-refractivity contribution in [3.05, 3.63) is 23.8 Å². The minimum absolute atomic E-state index is 0.159. The lowest BCUT2D eigenvalue weighted by atomic mass is 10.0. The van der Waals surface area contributed by atoms with Gasteiger partial charge >= 0.3 is 0 Å². The summed E-state index contributed by atoms with van der Waals surface area (Å²) in [7, 11) is 1.60. The minimum Gasteiger partial charge on any atom is -0.507 e. The first-order chi connectivity index (χ1) is 9.02. The standard InChI is InChI=1S/C15H23NO3/c1-10-9-19-11(2)8-16(10)12(3)14-6-5-13(18-4)7-15(14)17/h5-7,10-12,17H,8-9H2,1-4H3. The zero-order valence-corrected chi connectivity index (χ0v) is 12.1. The first-order valence-electron chi connectivity index (χ1n) is 6.77. The molecule has 2 rings (SSSR count). The summed E-state index contributed by atoms with van der Waals surface area (Å²) in [6.07, 6.45) is 0.235.